The highest BCUT2D eigenvalue weighted by atomic mass is 79.9. The summed E-state index contributed by atoms with van der Waals surface area (Å²) in [4.78, 5) is 0. The third-order valence-corrected chi connectivity index (χ3v) is 2.18. The summed E-state index contributed by atoms with van der Waals surface area (Å²) in [6, 6.07) is 3.46. The predicted octanol–water partition coefficient (Wildman–Crippen LogP) is 3.75. The molecule has 0 atom stereocenters. The molecule has 0 amide bonds. The number of halogens is 4. The monoisotopic (exact) mass is 284 g/mol. The molecule has 0 aliphatic heterocycles. The molecule has 4 heteroatoms. The second kappa shape index (κ2) is 3.63. The third kappa shape index (κ3) is 2.24. The molecule has 1 rings (SSSR count). The van der Waals surface area contributed by atoms with Crippen molar-refractivity contribution < 1.29 is 8.78 Å². The van der Waals surface area contributed by atoms with Gasteiger partial charge >= 0.3 is 0 Å². The molecule has 0 aliphatic rings. The summed E-state index contributed by atoms with van der Waals surface area (Å²) < 4.78 is 24.9. The molecule has 0 bridgehead atoms. The Morgan fingerprint density at radius 3 is 2.27 bits per heavy atom. The van der Waals surface area contributed by atoms with Crippen LogP contribution in [0.4, 0.5) is 8.78 Å². The van der Waals surface area contributed by atoms with E-state index in [0.29, 0.717) is 5.56 Å². The molecule has 60 valence electrons. The van der Waals surface area contributed by atoms with Crippen LogP contribution < -0.4 is 0 Å². The van der Waals surface area contributed by atoms with Gasteiger partial charge in [-0.2, -0.15) is 0 Å². The average molecular weight is 286 g/mol. The molecule has 0 heterocycles. The summed E-state index contributed by atoms with van der Waals surface area (Å²) in [7, 11) is 0. The Morgan fingerprint density at radius 1 is 1.18 bits per heavy atom. The van der Waals surface area contributed by atoms with Crippen LogP contribution in [0.5, 0.6) is 0 Å². The maximum Gasteiger partial charge on any atom is 0.131 e. The molecule has 1 aromatic rings. The Bertz CT molecular complexity index is 261. The fourth-order valence-electron chi connectivity index (χ4n) is 0.678. The van der Waals surface area contributed by atoms with E-state index in [1.54, 1.807) is 0 Å². The molecule has 0 nitrogen and oxygen atoms in total. The van der Waals surface area contributed by atoms with Crippen molar-refractivity contribution in [2.75, 3.05) is 0 Å². The minimum atomic E-state index is -0.563. The maximum absolute atomic E-state index is 12.8. The van der Waals surface area contributed by atoms with Crippen LogP contribution in [0.25, 0.3) is 0 Å². The van der Waals surface area contributed by atoms with Crippen molar-refractivity contribution in [2.24, 2.45) is 0 Å². The lowest BCUT2D eigenvalue weighted by Gasteiger charge is -2.02. The molecule has 0 aliphatic carbocycles. The van der Waals surface area contributed by atoms with Gasteiger partial charge in [-0.05, 0) is 6.07 Å². The van der Waals surface area contributed by atoms with Crippen LogP contribution in [0, 0.1) is 11.6 Å². The molecular weight excluding hydrogens is 282 g/mol. The van der Waals surface area contributed by atoms with E-state index >= 15 is 0 Å². The van der Waals surface area contributed by atoms with Gasteiger partial charge in [-0.3, -0.25) is 0 Å². The van der Waals surface area contributed by atoms with Crippen LogP contribution >= 0.6 is 31.9 Å². The van der Waals surface area contributed by atoms with E-state index in [9.17, 15) is 8.78 Å². The van der Waals surface area contributed by atoms with Crippen LogP contribution in [0.3, 0.4) is 0 Å². The van der Waals surface area contributed by atoms with Gasteiger partial charge in [0.2, 0.25) is 0 Å². The van der Waals surface area contributed by atoms with Crippen molar-refractivity contribution in [1.82, 2.24) is 0 Å². The van der Waals surface area contributed by atoms with Gasteiger partial charge in [0.15, 0.2) is 0 Å². The first-order valence-corrected chi connectivity index (χ1v) is 4.67. The van der Waals surface area contributed by atoms with Gasteiger partial charge < -0.3 is 0 Å². The van der Waals surface area contributed by atoms with Gasteiger partial charge in [-0.1, -0.05) is 37.9 Å². The average Bonchev–Trinajstić information content (AvgIpc) is 1.85. The summed E-state index contributed by atoms with van der Waals surface area (Å²) in [6.45, 7) is 0. The van der Waals surface area contributed by atoms with Gasteiger partial charge in [0.1, 0.15) is 11.6 Å². The SMILES string of the molecule is Fc1ccc(C(Br)Br)c(F)c1. The minimum Gasteiger partial charge on any atom is -0.207 e. The lowest BCUT2D eigenvalue weighted by Crippen LogP contribution is -1.88. The normalized spacial score (nSPS) is 10.6. The smallest absolute Gasteiger partial charge is 0.131 e. The first-order chi connectivity index (χ1) is 5.11. The third-order valence-electron chi connectivity index (χ3n) is 1.20. The zero-order valence-corrected chi connectivity index (χ0v) is 8.49. The minimum absolute atomic E-state index is 0.268. The van der Waals surface area contributed by atoms with Crippen molar-refractivity contribution in [3.05, 3.63) is 35.4 Å². The first-order valence-electron chi connectivity index (χ1n) is 2.84. The summed E-state index contributed by atoms with van der Waals surface area (Å²) in [6.07, 6.45) is 0. The van der Waals surface area contributed by atoms with Crippen LogP contribution in [0.2, 0.25) is 0 Å². The largest absolute Gasteiger partial charge is 0.207 e. The maximum atomic E-state index is 12.8. The Hall–Kier alpha value is 0.0400. The van der Waals surface area contributed by atoms with Gasteiger partial charge in [0.25, 0.3) is 0 Å². The lowest BCUT2D eigenvalue weighted by atomic mass is 10.2. The zero-order chi connectivity index (χ0) is 8.43. The highest BCUT2D eigenvalue weighted by Gasteiger charge is 2.08. The zero-order valence-electron chi connectivity index (χ0n) is 5.32. The Morgan fingerprint density at radius 2 is 1.82 bits per heavy atom. The number of hydrogen-bond acceptors (Lipinski definition) is 0. The van der Waals surface area contributed by atoms with Crippen molar-refractivity contribution in [2.45, 2.75) is 3.74 Å². The van der Waals surface area contributed by atoms with Crippen LogP contribution in [-0.4, -0.2) is 0 Å². The Kier molecular flexibility index (Phi) is 3.01. The summed E-state index contributed by atoms with van der Waals surface area (Å²) in [5, 5.41) is 0. The van der Waals surface area contributed by atoms with E-state index in [-0.39, 0.29) is 3.74 Å². The highest BCUT2D eigenvalue weighted by molar-refractivity contribution is 9.24. The van der Waals surface area contributed by atoms with Crippen molar-refractivity contribution in [1.29, 1.82) is 0 Å². The quantitative estimate of drug-likeness (QED) is 0.690. The van der Waals surface area contributed by atoms with Crippen molar-refractivity contribution >= 4 is 31.9 Å². The molecule has 0 saturated carbocycles. The second-order valence-corrected chi connectivity index (χ2v) is 5.03. The Labute approximate surface area is 79.9 Å². The van der Waals surface area contributed by atoms with Gasteiger partial charge in [-0.25, -0.2) is 8.78 Å². The van der Waals surface area contributed by atoms with E-state index in [4.69, 9.17) is 0 Å². The Balaban J connectivity index is 3.09. The molecule has 0 saturated heterocycles. The molecule has 0 radical (unpaired) electrons. The van der Waals surface area contributed by atoms with E-state index in [2.05, 4.69) is 31.9 Å². The van der Waals surface area contributed by atoms with E-state index in [1.807, 2.05) is 0 Å². The summed E-state index contributed by atoms with van der Waals surface area (Å²) in [5.41, 5.74) is 0.395. The fraction of sp³-hybridized carbons (Fsp3) is 0.143. The number of benzene rings is 1. The van der Waals surface area contributed by atoms with Crippen molar-refractivity contribution in [3.8, 4) is 0 Å². The molecular formula is C7H4Br2F2. The molecule has 0 fully saturated rings. The number of rotatable bonds is 1. The highest BCUT2D eigenvalue weighted by Crippen LogP contribution is 2.30. The van der Waals surface area contributed by atoms with Gasteiger partial charge in [-0.15, -0.1) is 0 Å². The van der Waals surface area contributed by atoms with E-state index in [1.165, 1.54) is 12.1 Å². The molecule has 0 N–H and O–H groups in total. The topological polar surface area (TPSA) is 0 Å². The van der Waals surface area contributed by atoms with Crippen LogP contribution in [-0.2, 0) is 0 Å². The standard InChI is InChI=1S/C7H4Br2F2/c8-7(9)5-2-1-4(10)3-6(5)11/h1-3,7H. The van der Waals surface area contributed by atoms with Crippen molar-refractivity contribution in [3.63, 3.8) is 0 Å². The molecule has 11 heavy (non-hydrogen) atoms. The first kappa shape index (κ1) is 9.13. The molecule has 0 spiro atoms. The lowest BCUT2D eigenvalue weighted by molar-refractivity contribution is 0.577. The summed E-state index contributed by atoms with van der Waals surface area (Å²) >= 11 is 6.22. The number of hydrogen-bond donors (Lipinski definition) is 0. The van der Waals surface area contributed by atoms with E-state index < -0.39 is 11.6 Å². The second-order valence-electron chi connectivity index (χ2n) is 1.97. The molecule has 0 aromatic heterocycles. The molecule has 0 unspecified atom stereocenters. The fourth-order valence-corrected chi connectivity index (χ4v) is 1.42. The van der Waals surface area contributed by atoms with Gasteiger partial charge in [0, 0.05) is 11.6 Å². The molecule has 1 aromatic carbocycles. The predicted molar refractivity (Wildman–Crippen MR) is 47.0 cm³/mol. The number of alkyl halides is 2. The van der Waals surface area contributed by atoms with Crippen LogP contribution in [0.1, 0.15) is 9.30 Å². The van der Waals surface area contributed by atoms with Gasteiger partial charge in [0.05, 0.1) is 3.74 Å². The van der Waals surface area contributed by atoms with E-state index in [0.717, 1.165) is 6.07 Å². The van der Waals surface area contributed by atoms with Crippen LogP contribution in [0.15, 0.2) is 18.2 Å². The summed E-state index contributed by atoms with van der Waals surface area (Å²) in [5.74, 6) is -1.12.